The van der Waals surface area contributed by atoms with E-state index in [0.29, 0.717) is 16.4 Å². The van der Waals surface area contributed by atoms with Crippen LogP contribution in [0.25, 0.3) is 6.08 Å². The van der Waals surface area contributed by atoms with Gasteiger partial charge in [0.05, 0.1) is 12.7 Å². The van der Waals surface area contributed by atoms with Crippen LogP contribution in [0.3, 0.4) is 0 Å². The van der Waals surface area contributed by atoms with Gasteiger partial charge < -0.3 is 4.74 Å². The molecule has 0 aliphatic carbocycles. The van der Waals surface area contributed by atoms with Crippen LogP contribution >= 0.6 is 0 Å². The van der Waals surface area contributed by atoms with Crippen LogP contribution in [0.5, 0.6) is 5.75 Å². The van der Waals surface area contributed by atoms with Crippen molar-refractivity contribution >= 4 is 12.0 Å². The fourth-order valence-electron chi connectivity index (χ4n) is 1.35. The fourth-order valence-corrected chi connectivity index (χ4v) is 1.35. The van der Waals surface area contributed by atoms with Gasteiger partial charge in [0.25, 0.3) is 5.91 Å². The standard InChI is InChI=1S/C12H15NO3/c1-4-5-9-6-7-10(11(8-9)16-3)12(14)13(2)15/h4-8,15H,1-3H3. The number of carbonyl (C=O) groups excluding carboxylic acids is 1. The van der Waals surface area contributed by atoms with Gasteiger partial charge in [-0.2, -0.15) is 0 Å². The van der Waals surface area contributed by atoms with Gasteiger partial charge in [-0.1, -0.05) is 18.2 Å². The minimum absolute atomic E-state index is 0.334. The summed E-state index contributed by atoms with van der Waals surface area (Å²) in [6, 6.07) is 5.17. The number of methoxy groups -OCH3 is 1. The minimum Gasteiger partial charge on any atom is -0.496 e. The van der Waals surface area contributed by atoms with Crippen LogP contribution < -0.4 is 4.74 Å². The molecule has 0 spiro atoms. The molecule has 1 rings (SSSR count). The van der Waals surface area contributed by atoms with Gasteiger partial charge in [0.1, 0.15) is 5.75 Å². The van der Waals surface area contributed by atoms with Crippen LogP contribution in [0, 0.1) is 0 Å². The molecule has 0 unspecified atom stereocenters. The third-order valence-electron chi connectivity index (χ3n) is 2.11. The lowest BCUT2D eigenvalue weighted by atomic mass is 10.1. The highest BCUT2D eigenvalue weighted by Gasteiger charge is 2.15. The molecule has 4 heteroatoms. The molecule has 0 aromatic heterocycles. The summed E-state index contributed by atoms with van der Waals surface area (Å²) in [6.07, 6.45) is 3.80. The number of allylic oxidation sites excluding steroid dienone is 1. The summed E-state index contributed by atoms with van der Waals surface area (Å²) in [6.45, 7) is 1.91. The molecule has 1 aromatic rings. The molecule has 0 heterocycles. The van der Waals surface area contributed by atoms with Crippen molar-refractivity contribution in [1.29, 1.82) is 0 Å². The highest BCUT2D eigenvalue weighted by molar-refractivity contribution is 5.96. The molecule has 86 valence electrons. The van der Waals surface area contributed by atoms with E-state index in [0.717, 1.165) is 5.56 Å². The molecule has 4 nitrogen and oxygen atoms in total. The molecule has 0 atom stereocenters. The largest absolute Gasteiger partial charge is 0.496 e. The smallest absolute Gasteiger partial charge is 0.280 e. The quantitative estimate of drug-likeness (QED) is 0.628. The molecule has 1 amide bonds. The lowest BCUT2D eigenvalue weighted by Gasteiger charge is -2.12. The SMILES string of the molecule is CC=Cc1ccc(C(=O)N(C)O)c(OC)c1. The summed E-state index contributed by atoms with van der Waals surface area (Å²) >= 11 is 0. The van der Waals surface area contributed by atoms with E-state index in [1.165, 1.54) is 14.2 Å². The van der Waals surface area contributed by atoms with Gasteiger partial charge in [0, 0.05) is 7.05 Å². The second-order valence-corrected chi connectivity index (χ2v) is 3.29. The van der Waals surface area contributed by atoms with Crippen molar-refractivity contribution in [3.05, 3.63) is 35.4 Å². The Balaban J connectivity index is 3.16. The summed E-state index contributed by atoms with van der Waals surface area (Å²) in [5.41, 5.74) is 1.28. The molecule has 0 radical (unpaired) electrons. The third-order valence-corrected chi connectivity index (χ3v) is 2.11. The first-order chi connectivity index (χ1) is 7.60. The average Bonchev–Trinajstić information content (AvgIpc) is 2.28. The molecular weight excluding hydrogens is 206 g/mol. The van der Waals surface area contributed by atoms with Gasteiger partial charge in [-0.15, -0.1) is 0 Å². The van der Waals surface area contributed by atoms with Crippen molar-refractivity contribution in [2.75, 3.05) is 14.2 Å². The number of carbonyl (C=O) groups is 1. The Morgan fingerprint density at radius 3 is 2.69 bits per heavy atom. The number of hydrogen-bond donors (Lipinski definition) is 1. The van der Waals surface area contributed by atoms with Crippen LogP contribution in [0.2, 0.25) is 0 Å². The topological polar surface area (TPSA) is 49.8 Å². The minimum atomic E-state index is -0.496. The zero-order valence-electron chi connectivity index (χ0n) is 9.60. The number of ether oxygens (including phenoxy) is 1. The number of benzene rings is 1. The van der Waals surface area contributed by atoms with Crippen molar-refractivity contribution < 1.29 is 14.7 Å². The summed E-state index contributed by atoms with van der Waals surface area (Å²) < 4.78 is 5.11. The lowest BCUT2D eigenvalue weighted by molar-refractivity contribution is -0.0376. The highest BCUT2D eigenvalue weighted by atomic mass is 16.5. The van der Waals surface area contributed by atoms with Crippen molar-refractivity contribution in [2.45, 2.75) is 6.92 Å². The van der Waals surface area contributed by atoms with E-state index in [9.17, 15) is 4.79 Å². The highest BCUT2D eigenvalue weighted by Crippen LogP contribution is 2.22. The number of rotatable bonds is 3. The summed E-state index contributed by atoms with van der Waals surface area (Å²) in [4.78, 5) is 11.6. The predicted molar refractivity (Wildman–Crippen MR) is 61.6 cm³/mol. The molecular formula is C12H15NO3. The number of hydroxylamine groups is 2. The fraction of sp³-hybridized carbons (Fsp3) is 0.250. The molecule has 1 N–H and O–H groups in total. The normalized spacial score (nSPS) is 10.5. The Hall–Kier alpha value is -1.81. The van der Waals surface area contributed by atoms with Crippen molar-refractivity contribution in [1.82, 2.24) is 5.06 Å². The first-order valence-electron chi connectivity index (χ1n) is 4.87. The van der Waals surface area contributed by atoms with Crippen LogP contribution in [-0.4, -0.2) is 30.3 Å². The molecule has 0 aliphatic heterocycles. The predicted octanol–water partition coefficient (Wildman–Crippen LogP) is 2.19. The zero-order chi connectivity index (χ0) is 12.1. The Morgan fingerprint density at radius 2 is 2.19 bits per heavy atom. The third kappa shape index (κ3) is 2.61. The molecule has 1 aromatic carbocycles. The second-order valence-electron chi connectivity index (χ2n) is 3.29. The van der Waals surface area contributed by atoms with Crippen LogP contribution in [0.4, 0.5) is 0 Å². The van der Waals surface area contributed by atoms with E-state index in [1.807, 2.05) is 19.1 Å². The van der Waals surface area contributed by atoms with Crippen molar-refractivity contribution in [3.8, 4) is 5.75 Å². The van der Waals surface area contributed by atoms with E-state index in [1.54, 1.807) is 18.2 Å². The number of nitrogens with zero attached hydrogens (tertiary/aromatic N) is 1. The Kier molecular flexibility index (Phi) is 4.08. The van der Waals surface area contributed by atoms with Gasteiger partial charge in [0.15, 0.2) is 0 Å². The molecule has 16 heavy (non-hydrogen) atoms. The van der Waals surface area contributed by atoms with E-state index in [2.05, 4.69) is 0 Å². The first kappa shape index (κ1) is 12.3. The Labute approximate surface area is 94.7 Å². The van der Waals surface area contributed by atoms with Crippen molar-refractivity contribution in [3.63, 3.8) is 0 Å². The van der Waals surface area contributed by atoms with Gasteiger partial charge in [-0.05, 0) is 24.6 Å². The van der Waals surface area contributed by atoms with E-state index in [4.69, 9.17) is 9.94 Å². The monoisotopic (exact) mass is 221 g/mol. The van der Waals surface area contributed by atoms with E-state index < -0.39 is 5.91 Å². The number of amides is 1. The molecule has 0 saturated heterocycles. The van der Waals surface area contributed by atoms with Crippen LogP contribution in [0.15, 0.2) is 24.3 Å². The van der Waals surface area contributed by atoms with Gasteiger partial charge in [-0.25, -0.2) is 5.06 Å². The van der Waals surface area contributed by atoms with Gasteiger partial charge in [-0.3, -0.25) is 10.0 Å². The number of hydrogen-bond acceptors (Lipinski definition) is 3. The molecule has 0 bridgehead atoms. The second kappa shape index (κ2) is 5.32. The first-order valence-corrected chi connectivity index (χ1v) is 4.87. The van der Waals surface area contributed by atoms with Gasteiger partial charge in [0.2, 0.25) is 0 Å². The lowest BCUT2D eigenvalue weighted by Crippen LogP contribution is -2.23. The molecule has 0 fully saturated rings. The van der Waals surface area contributed by atoms with E-state index in [-0.39, 0.29) is 0 Å². The maximum absolute atomic E-state index is 11.6. The molecule has 0 aliphatic rings. The maximum atomic E-state index is 11.6. The van der Waals surface area contributed by atoms with Crippen molar-refractivity contribution in [2.24, 2.45) is 0 Å². The zero-order valence-corrected chi connectivity index (χ0v) is 9.60. The average molecular weight is 221 g/mol. The van der Waals surface area contributed by atoms with Crippen LogP contribution in [-0.2, 0) is 0 Å². The molecule has 0 saturated carbocycles. The summed E-state index contributed by atoms with van der Waals surface area (Å²) in [7, 11) is 2.77. The Bertz CT molecular complexity index is 411. The van der Waals surface area contributed by atoms with E-state index >= 15 is 0 Å². The van der Waals surface area contributed by atoms with Crippen LogP contribution in [0.1, 0.15) is 22.8 Å². The Morgan fingerprint density at radius 1 is 1.50 bits per heavy atom. The summed E-state index contributed by atoms with van der Waals surface area (Å²) in [5, 5.41) is 9.62. The summed E-state index contributed by atoms with van der Waals surface area (Å²) in [5.74, 6) is -0.0506. The van der Waals surface area contributed by atoms with Gasteiger partial charge >= 0.3 is 0 Å². The maximum Gasteiger partial charge on any atom is 0.280 e.